The molecule has 16 heavy (non-hydrogen) atoms. The Morgan fingerprint density at radius 1 is 1.56 bits per heavy atom. The lowest BCUT2D eigenvalue weighted by Gasteiger charge is -2.34. The molecule has 1 heterocycles. The van der Waals surface area contributed by atoms with Crippen molar-refractivity contribution in [2.24, 2.45) is 0 Å². The predicted octanol–water partition coefficient (Wildman–Crippen LogP) is 1.73. The predicted molar refractivity (Wildman–Crippen MR) is 63.3 cm³/mol. The Balaban J connectivity index is 1.73. The van der Waals surface area contributed by atoms with E-state index in [0.717, 1.165) is 19.4 Å². The third-order valence-electron chi connectivity index (χ3n) is 3.21. The van der Waals surface area contributed by atoms with Crippen molar-refractivity contribution in [1.29, 1.82) is 0 Å². The highest BCUT2D eigenvalue weighted by atomic mass is 16.5. The van der Waals surface area contributed by atoms with Gasteiger partial charge in [-0.2, -0.15) is 5.10 Å². The van der Waals surface area contributed by atoms with E-state index >= 15 is 0 Å². The number of rotatable bonds is 5. The highest BCUT2D eigenvalue weighted by Gasteiger charge is 2.28. The maximum atomic E-state index is 5.25. The Hall–Kier alpha value is -0.870. The molecule has 1 aromatic heterocycles. The molecule has 4 nitrogen and oxygen atoms in total. The molecule has 0 atom stereocenters. The molecule has 0 radical (unpaired) electrons. The Morgan fingerprint density at radius 2 is 2.31 bits per heavy atom. The van der Waals surface area contributed by atoms with E-state index in [0.29, 0.717) is 18.2 Å². The third kappa shape index (κ3) is 2.62. The Labute approximate surface area is 97.0 Å². The van der Waals surface area contributed by atoms with Crippen LogP contribution in [0, 0.1) is 0 Å². The maximum Gasteiger partial charge on any atom is 0.0601 e. The van der Waals surface area contributed by atoms with Crippen molar-refractivity contribution in [3.05, 3.63) is 18.0 Å². The van der Waals surface area contributed by atoms with E-state index in [2.05, 4.69) is 30.5 Å². The minimum atomic E-state index is 0.440. The summed E-state index contributed by atoms with van der Waals surface area (Å²) in [5, 5.41) is 7.84. The van der Waals surface area contributed by atoms with E-state index in [-0.39, 0.29) is 0 Å². The summed E-state index contributed by atoms with van der Waals surface area (Å²) in [5.41, 5.74) is 1.26. The van der Waals surface area contributed by atoms with Gasteiger partial charge in [-0.05, 0) is 26.7 Å². The van der Waals surface area contributed by atoms with Crippen LogP contribution in [0.3, 0.4) is 0 Å². The molecule has 1 N–H and O–H groups in total. The van der Waals surface area contributed by atoms with Crippen LogP contribution in [-0.2, 0) is 11.3 Å². The van der Waals surface area contributed by atoms with E-state index in [1.165, 1.54) is 5.56 Å². The lowest BCUT2D eigenvalue weighted by atomic mass is 9.89. The van der Waals surface area contributed by atoms with Gasteiger partial charge in [0.25, 0.3) is 0 Å². The fourth-order valence-electron chi connectivity index (χ4n) is 1.94. The van der Waals surface area contributed by atoms with Gasteiger partial charge in [-0.3, -0.25) is 4.68 Å². The first-order valence-corrected chi connectivity index (χ1v) is 5.98. The molecular formula is C12H21N3O. The average Bonchev–Trinajstić information content (AvgIpc) is 2.64. The minimum absolute atomic E-state index is 0.440. The molecule has 0 bridgehead atoms. The molecule has 1 aliphatic carbocycles. The number of nitrogens with one attached hydrogen (secondary N) is 1. The highest BCUT2D eigenvalue weighted by Crippen LogP contribution is 2.22. The van der Waals surface area contributed by atoms with E-state index in [4.69, 9.17) is 4.74 Å². The second-order valence-electron chi connectivity index (χ2n) is 4.83. The molecule has 1 aromatic rings. The van der Waals surface area contributed by atoms with Crippen LogP contribution < -0.4 is 5.32 Å². The van der Waals surface area contributed by atoms with Crippen LogP contribution in [0.25, 0.3) is 0 Å². The van der Waals surface area contributed by atoms with Crippen molar-refractivity contribution in [3.63, 3.8) is 0 Å². The summed E-state index contributed by atoms with van der Waals surface area (Å²) in [6.07, 6.45) is 6.80. The zero-order chi connectivity index (χ0) is 11.5. The largest absolute Gasteiger partial charge is 0.381 e. The molecule has 0 aliphatic heterocycles. The zero-order valence-corrected chi connectivity index (χ0v) is 10.3. The summed E-state index contributed by atoms with van der Waals surface area (Å²) >= 11 is 0. The van der Waals surface area contributed by atoms with Crippen molar-refractivity contribution in [2.45, 2.75) is 51.4 Å². The molecule has 0 amide bonds. The van der Waals surface area contributed by atoms with Gasteiger partial charge >= 0.3 is 0 Å². The molecule has 4 heteroatoms. The van der Waals surface area contributed by atoms with Crippen molar-refractivity contribution in [3.8, 4) is 0 Å². The summed E-state index contributed by atoms with van der Waals surface area (Å²) in [7, 11) is 1.79. The molecule has 0 unspecified atom stereocenters. The molecule has 0 spiro atoms. The summed E-state index contributed by atoms with van der Waals surface area (Å²) < 4.78 is 7.24. The summed E-state index contributed by atoms with van der Waals surface area (Å²) in [4.78, 5) is 0. The first-order valence-electron chi connectivity index (χ1n) is 5.98. The Bertz CT molecular complexity index is 329. The van der Waals surface area contributed by atoms with Crippen molar-refractivity contribution >= 4 is 0 Å². The molecule has 1 fully saturated rings. The SMILES string of the molecule is COC1CC(NCc2cnn(C(C)C)c2)C1. The topological polar surface area (TPSA) is 39.1 Å². The van der Waals surface area contributed by atoms with Gasteiger partial charge in [0.15, 0.2) is 0 Å². The smallest absolute Gasteiger partial charge is 0.0601 e. The third-order valence-corrected chi connectivity index (χ3v) is 3.21. The van der Waals surface area contributed by atoms with Crippen LogP contribution in [0.4, 0.5) is 0 Å². The Kier molecular flexibility index (Phi) is 3.61. The van der Waals surface area contributed by atoms with Crippen LogP contribution in [0.15, 0.2) is 12.4 Å². The number of ether oxygens (including phenoxy) is 1. The molecular weight excluding hydrogens is 202 g/mol. The van der Waals surface area contributed by atoms with E-state index in [1.807, 2.05) is 10.9 Å². The Morgan fingerprint density at radius 3 is 2.88 bits per heavy atom. The van der Waals surface area contributed by atoms with Gasteiger partial charge in [-0.25, -0.2) is 0 Å². The second-order valence-corrected chi connectivity index (χ2v) is 4.83. The molecule has 1 saturated carbocycles. The molecule has 1 aliphatic rings. The standard InChI is InChI=1S/C12H21N3O/c1-9(2)15-8-10(7-14-15)6-13-11-4-12(5-11)16-3/h7-9,11-13H,4-6H2,1-3H3. The van der Waals surface area contributed by atoms with Crippen molar-refractivity contribution in [2.75, 3.05) is 7.11 Å². The summed E-state index contributed by atoms with van der Waals surface area (Å²) in [5.74, 6) is 0. The first kappa shape index (κ1) is 11.6. The molecule has 0 aromatic carbocycles. The van der Waals surface area contributed by atoms with Gasteiger partial charge in [-0.1, -0.05) is 0 Å². The second kappa shape index (κ2) is 4.97. The van der Waals surface area contributed by atoms with Crippen LogP contribution in [0.5, 0.6) is 0 Å². The van der Waals surface area contributed by atoms with Gasteiger partial charge in [0.2, 0.25) is 0 Å². The van der Waals surface area contributed by atoms with E-state index in [9.17, 15) is 0 Å². The molecule has 90 valence electrons. The number of hydrogen-bond acceptors (Lipinski definition) is 3. The lowest BCUT2D eigenvalue weighted by molar-refractivity contribution is 0.0170. The number of aromatic nitrogens is 2. The highest BCUT2D eigenvalue weighted by molar-refractivity contribution is 5.04. The first-order chi connectivity index (χ1) is 7.69. The summed E-state index contributed by atoms with van der Waals surface area (Å²) in [6, 6.07) is 1.06. The zero-order valence-electron chi connectivity index (χ0n) is 10.3. The molecule has 2 rings (SSSR count). The number of hydrogen-bond donors (Lipinski definition) is 1. The summed E-state index contributed by atoms with van der Waals surface area (Å²) in [6.45, 7) is 5.19. The van der Waals surface area contributed by atoms with E-state index in [1.54, 1.807) is 7.11 Å². The monoisotopic (exact) mass is 223 g/mol. The van der Waals surface area contributed by atoms with Crippen LogP contribution in [-0.4, -0.2) is 29.0 Å². The van der Waals surface area contributed by atoms with Gasteiger partial charge in [-0.15, -0.1) is 0 Å². The van der Waals surface area contributed by atoms with Crippen LogP contribution >= 0.6 is 0 Å². The van der Waals surface area contributed by atoms with E-state index < -0.39 is 0 Å². The van der Waals surface area contributed by atoms with Gasteiger partial charge in [0.1, 0.15) is 0 Å². The number of methoxy groups -OCH3 is 1. The molecule has 0 saturated heterocycles. The fourth-order valence-corrected chi connectivity index (χ4v) is 1.94. The van der Waals surface area contributed by atoms with Crippen LogP contribution in [0.2, 0.25) is 0 Å². The maximum absolute atomic E-state index is 5.25. The minimum Gasteiger partial charge on any atom is -0.381 e. The van der Waals surface area contributed by atoms with Gasteiger partial charge in [0.05, 0.1) is 12.3 Å². The van der Waals surface area contributed by atoms with Crippen molar-refractivity contribution in [1.82, 2.24) is 15.1 Å². The lowest BCUT2D eigenvalue weighted by Crippen LogP contribution is -2.44. The normalized spacial score (nSPS) is 24.8. The van der Waals surface area contributed by atoms with Gasteiger partial charge in [0, 0.05) is 37.5 Å². The average molecular weight is 223 g/mol. The quantitative estimate of drug-likeness (QED) is 0.826. The van der Waals surface area contributed by atoms with Crippen LogP contribution in [0.1, 0.15) is 38.3 Å². The fraction of sp³-hybridized carbons (Fsp3) is 0.750. The van der Waals surface area contributed by atoms with Crippen molar-refractivity contribution < 1.29 is 4.74 Å². The van der Waals surface area contributed by atoms with Gasteiger partial charge < -0.3 is 10.1 Å². The number of nitrogens with zero attached hydrogens (tertiary/aromatic N) is 2.